The first-order valence-corrected chi connectivity index (χ1v) is 11.6. The number of aryl methyl sites for hydroxylation is 1. The first kappa shape index (κ1) is 23.0. The molecule has 1 aromatic heterocycles. The molecule has 8 nitrogen and oxygen atoms in total. The zero-order valence-electron chi connectivity index (χ0n) is 19.4. The lowest BCUT2D eigenvalue weighted by atomic mass is 10.1. The molecule has 1 atom stereocenters. The second-order valence-corrected chi connectivity index (χ2v) is 8.85. The van der Waals surface area contributed by atoms with E-state index >= 15 is 0 Å². The second kappa shape index (κ2) is 10.2. The fourth-order valence-corrected chi connectivity index (χ4v) is 4.46. The summed E-state index contributed by atoms with van der Waals surface area (Å²) in [4.78, 5) is 45.8. The number of hydrogen-bond acceptors (Lipinski definition) is 5. The predicted octanol–water partition coefficient (Wildman–Crippen LogP) is 1.65. The molecule has 2 aromatic rings. The molecule has 0 saturated carbocycles. The van der Waals surface area contributed by atoms with Crippen molar-refractivity contribution in [2.24, 2.45) is 0 Å². The SMILES string of the molecule is Cc1ccc(CC(=O)N2CCN(C(C)C(=O)N3CCN(C(=O)c4ccco4)CC3)CC2)cc1. The molecule has 0 bridgehead atoms. The standard InChI is InChI=1S/C25H32N4O4/c1-19-5-7-21(8-6-19)18-23(30)27-11-9-26(10-12-27)20(2)24(31)28-13-15-29(16-14-28)25(32)22-4-3-17-33-22/h3-8,17,20H,9-16,18H2,1-2H3. The van der Waals surface area contributed by atoms with Crippen LogP contribution in [0.25, 0.3) is 0 Å². The molecule has 0 radical (unpaired) electrons. The Morgan fingerprint density at radius 1 is 0.848 bits per heavy atom. The molecule has 33 heavy (non-hydrogen) atoms. The van der Waals surface area contributed by atoms with Gasteiger partial charge in [-0.05, 0) is 31.5 Å². The average molecular weight is 453 g/mol. The van der Waals surface area contributed by atoms with Gasteiger partial charge in [0.05, 0.1) is 18.7 Å². The van der Waals surface area contributed by atoms with Crippen molar-refractivity contribution >= 4 is 17.7 Å². The summed E-state index contributed by atoms with van der Waals surface area (Å²) in [6.07, 6.45) is 1.90. The van der Waals surface area contributed by atoms with Crippen LogP contribution < -0.4 is 0 Å². The molecule has 2 saturated heterocycles. The third-order valence-electron chi connectivity index (χ3n) is 6.66. The van der Waals surface area contributed by atoms with Gasteiger partial charge in [-0.25, -0.2) is 0 Å². The fraction of sp³-hybridized carbons (Fsp3) is 0.480. The number of piperazine rings is 2. The van der Waals surface area contributed by atoms with E-state index in [1.165, 1.54) is 11.8 Å². The van der Waals surface area contributed by atoms with Gasteiger partial charge < -0.3 is 19.1 Å². The van der Waals surface area contributed by atoms with E-state index in [0.717, 1.165) is 5.56 Å². The number of amides is 3. The zero-order chi connectivity index (χ0) is 23.4. The van der Waals surface area contributed by atoms with Crippen LogP contribution in [0.4, 0.5) is 0 Å². The van der Waals surface area contributed by atoms with Crippen molar-refractivity contribution < 1.29 is 18.8 Å². The van der Waals surface area contributed by atoms with Crippen LogP contribution in [0.15, 0.2) is 47.1 Å². The van der Waals surface area contributed by atoms with Crippen molar-refractivity contribution in [3.05, 3.63) is 59.5 Å². The lowest BCUT2D eigenvalue weighted by Crippen LogP contribution is -2.58. The number of rotatable bonds is 5. The molecule has 2 aliphatic heterocycles. The third kappa shape index (κ3) is 5.45. The molecular formula is C25H32N4O4. The van der Waals surface area contributed by atoms with Crippen LogP contribution in [0.3, 0.4) is 0 Å². The highest BCUT2D eigenvalue weighted by atomic mass is 16.3. The van der Waals surface area contributed by atoms with Gasteiger partial charge in [-0.15, -0.1) is 0 Å². The maximum Gasteiger partial charge on any atom is 0.289 e. The lowest BCUT2D eigenvalue weighted by Gasteiger charge is -2.41. The maximum atomic E-state index is 13.1. The van der Waals surface area contributed by atoms with Gasteiger partial charge in [-0.1, -0.05) is 29.8 Å². The van der Waals surface area contributed by atoms with Crippen LogP contribution in [0, 0.1) is 6.92 Å². The molecule has 2 aliphatic rings. The monoisotopic (exact) mass is 452 g/mol. The van der Waals surface area contributed by atoms with Crippen molar-refractivity contribution in [2.75, 3.05) is 52.4 Å². The fourth-order valence-electron chi connectivity index (χ4n) is 4.46. The van der Waals surface area contributed by atoms with E-state index in [0.29, 0.717) is 64.5 Å². The summed E-state index contributed by atoms with van der Waals surface area (Å²) in [5.41, 5.74) is 2.21. The van der Waals surface area contributed by atoms with Crippen LogP contribution in [0.5, 0.6) is 0 Å². The normalized spacial score (nSPS) is 18.3. The van der Waals surface area contributed by atoms with Crippen LogP contribution in [-0.4, -0.2) is 95.7 Å². The van der Waals surface area contributed by atoms with Gasteiger partial charge in [0.25, 0.3) is 5.91 Å². The maximum absolute atomic E-state index is 13.1. The summed E-state index contributed by atoms with van der Waals surface area (Å²) in [5.74, 6) is 0.416. The summed E-state index contributed by atoms with van der Waals surface area (Å²) in [6.45, 7) is 8.64. The minimum atomic E-state index is -0.244. The summed E-state index contributed by atoms with van der Waals surface area (Å²) < 4.78 is 5.20. The molecule has 176 valence electrons. The molecule has 3 heterocycles. The number of furan rings is 1. The summed E-state index contributed by atoms with van der Waals surface area (Å²) in [6, 6.07) is 11.2. The van der Waals surface area contributed by atoms with Crippen LogP contribution in [0.1, 0.15) is 28.6 Å². The minimum Gasteiger partial charge on any atom is -0.459 e. The van der Waals surface area contributed by atoms with Crippen molar-refractivity contribution in [3.63, 3.8) is 0 Å². The van der Waals surface area contributed by atoms with E-state index in [1.807, 2.05) is 47.9 Å². The number of benzene rings is 1. The highest BCUT2D eigenvalue weighted by Gasteiger charge is 2.32. The Morgan fingerprint density at radius 2 is 1.45 bits per heavy atom. The van der Waals surface area contributed by atoms with Gasteiger partial charge in [0, 0.05) is 52.4 Å². The van der Waals surface area contributed by atoms with Gasteiger partial charge >= 0.3 is 0 Å². The Labute approximate surface area is 194 Å². The molecule has 0 aliphatic carbocycles. The largest absolute Gasteiger partial charge is 0.459 e. The molecule has 2 fully saturated rings. The molecular weight excluding hydrogens is 420 g/mol. The number of hydrogen-bond donors (Lipinski definition) is 0. The van der Waals surface area contributed by atoms with Crippen molar-refractivity contribution in [2.45, 2.75) is 26.3 Å². The van der Waals surface area contributed by atoms with Crippen LogP contribution >= 0.6 is 0 Å². The van der Waals surface area contributed by atoms with Gasteiger partial charge in [0.15, 0.2) is 5.76 Å². The smallest absolute Gasteiger partial charge is 0.289 e. The molecule has 0 spiro atoms. The molecule has 1 unspecified atom stereocenters. The van der Waals surface area contributed by atoms with E-state index in [9.17, 15) is 14.4 Å². The molecule has 0 N–H and O–H groups in total. The topological polar surface area (TPSA) is 77.3 Å². The molecule has 4 rings (SSSR count). The second-order valence-electron chi connectivity index (χ2n) is 8.85. The van der Waals surface area contributed by atoms with Gasteiger partial charge in [-0.3, -0.25) is 19.3 Å². The lowest BCUT2D eigenvalue weighted by molar-refractivity contribution is -0.139. The minimum absolute atomic E-state index is 0.0829. The summed E-state index contributed by atoms with van der Waals surface area (Å²) >= 11 is 0. The van der Waals surface area contributed by atoms with Crippen LogP contribution in [-0.2, 0) is 16.0 Å². The summed E-state index contributed by atoms with van der Waals surface area (Å²) in [5, 5.41) is 0. The zero-order valence-corrected chi connectivity index (χ0v) is 19.4. The van der Waals surface area contributed by atoms with E-state index in [1.54, 1.807) is 17.0 Å². The average Bonchev–Trinajstić information content (AvgIpc) is 3.39. The Morgan fingerprint density at radius 3 is 2.06 bits per heavy atom. The quantitative estimate of drug-likeness (QED) is 0.690. The Bertz CT molecular complexity index is 957. The van der Waals surface area contributed by atoms with Crippen molar-refractivity contribution in [1.29, 1.82) is 0 Å². The highest BCUT2D eigenvalue weighted by molar-refractivity contribution is 5.91. The number of carbonyl (C=O) groups excluding carboxylic acids is 3. The first-order valence-electron chi connectivity index (χ1n) is 11.6. The Kier molecular flexibility index (Phi) is 7.13. The van der Waals surface area contributed by atoms with Crippen LogP contribution in [0.2, 0.25) is 0 Å². The molecule has 1 aromatic carbocycles. The molecule has 8 heteroatoms. The molecule has 3 amide bonds. The van der Waals surface area contributed by atoms with E-state index in [4.69, 9.17) is 4.42 Å². The highest BCUT2D eigenvalue weighted by Crippen LogP contribution is 2.14. The van der Waals surface area contributed by atoms with E-state index in [2.05, 4.69) is 4.90 Å². The van der Waals surface area contributed by atoms with Gasteiger partial charge in [0.1, 0.15) is 0 Å². The van der Waals surface area contributed by atoms with Gasteiger partial charge in [-0.2, -0.15) is 0 Å². The Hall–Kier alpha value is -3.13. The Balaban J connectivity index is 1.22. The van der Waals surface area contributed by atoms with Crippen molar-refractivity contribution in [1.82, 2.24) is 19.6 Å². The first-order chi connectivity index (χ1) is 15.9. The predicted molar refractivity (Wildman–Crippen MR) is 124 cm³/mol. The van der Waals surface area contributed by atoms with E-state index < -0.39 is 0 Å². The number of carbonyl (C=O) groups is 3. The number of nitrogens with zero attached hydrogens (tertiary/aromatic N) is 4. The van der Waals surface area contributed by atoms with Crippen molar-refractivity contribution in [3.8, 4) is 0 Å². The summed E-state index contributed by atoms with van der Waals surface area (Å²) in [7, 11) is 0. The third-order valence-corrected chi connectivity index (χ3v) is 6.66. The van der Waals surface area contributed by atoms with E-state index in [-0.39, 0.29) is 23.8 Å². The van der Waals surface area contributed by atoms with Gasteiger partial charge in [0.2, 0.25) is 11.8 Å².